The molecular formula is C24H26N2O2S. The standard InChI is InChI=1S/C24H26N2O2S/c1-3-5-18-9-13-19(14-10-18)23(21-6-4-15-29-21)26-22(27)16-25-24(28)20-11-7-17(2)8-12-20/h4,6-15,23H,3,5,16H2,1-2H3,(H,25,28)(H,26,27). The van der Waals surface area contributed by atoms with E-state index in [-0.39, 0.29) is 24.4 Å². The van der Waals surface area contributed by atoms with Crippen molar-refractivity contribution >= 4 is 23.2 Å². The summed E-state index contributed by atoms with van der Waals surface area (Å²) in [5.41, 5.74) is 3.95. The molecule has 1 aromatic heterocycles. The van der Waals surface area contributed by atoms with E-state index in [9.17, 15) is 9.59 Å². The molecule has 4 nitrogen and oxygen atoms in total. The Bertz CT molecular complexity index is 932. The van der Waals surface area contributed by atoms with Gasteiger partial charge in [-0.3, -0.25) is 9.59 Å². The normalized spacial score (nSPS) is 11.7. The lowest BCUT2D eigenvalue weighted by atomic mass is 10.0. The summed E-state index contributed by atoms with van der Waals surface area (Å²) in [5.74, 6) is -0.474. The van der Waals surface area contributed by atoms with Gasteiger partial charge in [0.05, 0.1) is 12.6 Å². The van der Waals surface area contributed by atoms with Crippen LogP contribution in [0.4, 0.5) is 0 Å². The average molecular weight is 407 g/mol. The first-order chi connectivity index (χ1) is 14.1. The maximum atomic E-state index is 12.6. The molecule has 0 radical (unpaired) electrons. The molecule has 29 heavy (non-hydrogen) atoms. The Morgan fingerprint density at radius 1 is 1.00 bits per heavy atom. The van der Waals surface area contributed by atoms with Crippen LogP contribution in [0.2, 0.25) is 0 Å². The molecule has 0 saturated heterocycles. The molecule has 5 heteroatoms. The quantitative estimate of drug-likeness (QED) is 0.572. The van der Waals surface area contributed by atoms with E-state index in [1.807, 2.05) is 36.6 Å². The van der Waals surface area contributed by atoms with Gasteiger partial charge >= 0.3 is 0 Å². The lowest BCUT2D eigenvalue weighted by Crippen LogP contribution is -2.38. The van der Waals surface area contributed by atoms with Crippen molar-refractivity contribution in [2.75, 3.05) is 6.54 Å². The monoisotopic (exact) mass is 406 g/mol. The minimum atomic E-state index is -0.253. The zero-order chi connectivity index (χ0) is 20.6. The Morgan fingerprint density at radius 3 is 2.34 bits per heavy atom. The predicted octanol–water partition coefficient (Wildman–Crippen LogP) is 4.64. The molecule has 0 fully saturated rings. The fourth-order valence-electron chi connectivity index (χ4n) is 3.12. The van der Waals surface area contributed by atoms with Gasteiger partial charge in [0.1, 0.15) is 0 Å². The van der Waals surface area contributed by atoms with E-state index in [2.05, 4.69) is 41.8 Å². The lowest BCUT2D eigenvalue weighted by Gasteiger charge is -2.19. The van der Waals surface area contributed by atoms with E-state index < -0.39 is 0 Å². The van der Waals surface area contributed by atoms with Crippen molar-refractivity contribution in [3.63, 3.8) is 0 Å². The Kier molecular flexibility index (Phi) is 7.19. The maximum absolute atomic E-state index is 12.6. The summed E-state index contributed by atoms with van der Waals surface area (Å²) >= 11 is 1.60. The van der Waals surface area contributed by atoms with Gasteiger partial charge in [-0.15, -0.1) is 11.3 Å². The Hall–Kier alpha value is -2.92. The third kappa shape index (κ3) is 5.78. The van der Waals surface area contributed by atoms with Crippen molar-refractivity contribution < 1.29 is 9.59 Å². The van der Waals surface area contributed by atoms with Gasteiger partial charge in [-0.25, -0.2) is 0 Å². The van der Waals surface area contributed by atoms with E-state index in [1.54, 1.807) is 23.5 Å². The summed E-state index contributed by atoms with van der Waals surface area (Å²) < 4.78 is 0. The summed E-state index contributed by atoms with van der Waals surface area (Å²) in [4.78, 5) is 25.9. The fraction of sp³-hybridized carbons (Fsp3) is 0.250. The number of rotatable bonds is 8. The third-order valence-electron chi connectivity index (χ3n) is 4.71. The number of benzene rings is 2. The molecular weight excluding hydrogens is 380 g/mol. The summed E-state index contributed by atoms with van der Waals surface area (Å²) in [5, 5.41) is 7.76. The van der Waals surface area contributed by atoms with Crippen molar-refractivity contribution in [3.8, 4) is 0 Å². The van der Waals surface area contributed by atoms with Gasteiger partial charge in [-0.1, -0.05) is 61.4 Å². The summed E-state index contributed by atoms with van der Waals surface area (Å²) in [6.07, 6.45) is 2.15. The molecule has 1 unspecified atom stereocenters. The smallest absolute Gasteiger partial charge is 0.251 e. The number of carbonyl (C=O) groups excluding carboxylic acids is 2. The second-order valence-electron chi connectivity index (χ2n) is 7.06. The van der Waals surface area contributed by atoms with E-state index >= 15 is 0 Å². The summed E-state index contributed by atoms with van der Waals surface area (Å²) in [6.45, 7) is 4.06. The average Bonchev–Trinajstić information content (AvgIpc) is 3.26. The molecule has 3 rings (SSSR count). The number of thiophene rings is 1. The van der Waals surface area contributed by atoms with Crippen LogP contribution in [0.25, 0.3) is 0 Å². The predicted molar refractivity (Wildman–Crippen MR) is 118 cm³/mol. The molecule has 0 aliphatic heterocycles. The fourth-order valence-corrected chi connectivity index (χ4v) is 3.92. The molecule has 150 valence electrons. The van der Waals surface area contributed by atoms with Gasteiger partial charge in [-0.2, -0.15) is 0 Å². The molecule has 1 atom stereocenters. The molecule has 0 aliphatic rings. The Balaban J connectivity index is 1.65. The van der Waals surface area contributed by atoms with Crippen molar-refractivity contribution in [2.45, 2.75) is 32.7 Å². The first kappa shape index (κ1) is 20.8. The lowest BCUT2D eigenvalue weighted by molar-refractivity contribution is -0.120. The van der Waals surface area contributed by atoms with Gasteiger partial charge in [0, 0.05) is 10.4 Å². The molecule has 2 aromatic carbocycles. The van der Waals surface area contributed by atoms with Crippen LogP contribution in [0.1, 0.15) is 51.3 Å². The Morgan fingerprint density at radius 2 is 1.72 bits per heavy atom. The molecule has 0 bridgehead atoms. The van der Waals surface area contributed by atoms with Crippen LogP contribution in [-0.4, -0.2) is 18.4 Å². The van der Waals surface area contributed by atoms with Crippen LogP contribution >= 0.6 is 11.3 Å². The number of carbonyl (C=O) groups is 2. The molecule has 0 aliphatic carbocycles. The zero-order valence-electron chi connectivity index (χ0n) is 16.8. The minimum Gasteiger partial charge on any atom is -0.343 e. The van der Waals surface area contributed by atoms with Crippen molar-refractivity contribution in [1.82, 2.24) is 10.6 Å². The van der Waals surface area contributed by atoms with E-state index in [1.165, 1.54) is 5.56 Å². The highest BCUT2D eigenvalue weighted by molar-refractivity contribution is 7.10. The van der Waals surface area contributed by atoms with Crippen LogP contribution in [-0.2, 0) is 11.2 Å². The van der Waals surface area contributed by atoms with Crippen LogP contribution in [0.15, 0.2) is 66.0 Å². The van der Waals surface area contributed by atoms with Gasteiger partial charge in [0.15, 0.2) is 0 Å². The second kappa shape index (κ2) is 10.0. The highest BCUT2D eigenvalue weighted by Gasteiger charge is 2.18. The highest BCUT2D eigenvalue weighted by Crippen LogP contribution is 2.26. The van der Waals surface area contributed by atoms with Gasteiger partial charge in [-0.05, 0) is 48.1 Å². The van der Waals surface area contributed by atoms with Gasteiger partial charge < -0.3 is 10.6 Å². The van der Waals surface area contributed by atoms with Crippen LogP contribution in [0, 0.1) is 6.92 Å². The van der Waals surface area contributed by atoms with Gasteiger partial charge in [0.25, 0.3) is 5.91 Å². The van der Waals surface area contributed by atoms with E-state index in [4.69, 9.17) is 0 Å². The summed E-state index contributed by atoms with van der Waals surface area (Å²) in [7, 11) is 0. The largest absolute Gasteiger partial charge is 0.343 e. The number of hydrogen-bond acceptors (Lipinski definition) is 3. The first-order valence-electron chi connectivity index (χ1n) is 9.83. The number of nitrogens with one attached hydrogen (secondary N) is 2. The first-order valence-corrected chi connectivity index (χ1v) is 10.7. The van der Waals surface area contributed by atoms with E-state index in [0.29, 0.717) is 5.56 Å². The third-order valence-corrected chi connectivity index (χ3v) is 5.65. The molecule has 2 N–H and O–H groups in total. The van der Waals surface area contributed by atoms with Crippen LogP contribution < -0.4 is 10.6 Å². The summed E-state index contributed by atoms with van der Waals surface area (Å²) in [6, 6.07) is 19.4. The topological polar surface area (TPSA) is 58.2 Å². The Labute approximate surface area is 176 Å². The van der Waals surface area contributed by atoms with Crippen molar-refractivity contribution in [1.29, 1.82) is 0 Å². The van der Waals surface area contributed by atoms with Crippen LogP contribution in [0.3, 0.4) is 0 Å². The highest BCUT2D eigenvalue weighted by atomic mass is 32.1. The zero-order valence-corrected chi connectivity index (χ0v) is 17.6. The minimum absolute atomic E-state index is 0.0670. The molecule has 3 aromatic rings. The number of aryl methyl sites for hydroxylation is 2. The van der Waals surface area contributed by atoms with E-state index in [0.717, 1.165) is 28.8 Å². The van der Waals surface area contributed by atoms with Crippen molar-refractivity contribution in [3.05, 3.63) is 93.2 Å². The number of hydrogen-bond donors (Lipinski definition) is 2. The molecule has 0 spiro atoms. The molecule has 2 amide bonds. The number of amides is 2. The van der Waals surface area contributed by atoms with Gasteiger partial charge in [0.2, 0.25) is 5.91 Å². The van der Waals surface area contributed by atoms with Crippen molar-refractivity contribution in [2.24, 2.45) is 0 Å². The molecule has 0 saturated carbocycles. The van der Waals surface area contributed by atoms with Crippen LogP contribution in [0.5, 0.6) is 0 Å². The second-order valence-corrected chi connectivity index (χ2v) is 8.04. The SMILES string of the molecule is CCCc1ccc(C(NC(=O)CNC(=O)c2ccc(C)cc2)c2cccs2)cc1. The molecule has 1 heterocycles. The maximum Gasteiger partial charge on any atom is 0.251 e.